The van der Waals surface area contributed by atoms with Crippen LogP contribution >= 0.6 is 11.9 Å². The van der Waals surface area contributed by atoms with Crippen molar-refractivity contribution in [2.45, 2.75) is 0 Å². The SMILES string of the molecule is ON1C=CCS1. The number of nitrogens with zero attached hydrogens (tertiary/aromatic N) is 1. The quantitative estimate of drug-likeness (QED) is 0.460. The van der Waals surface area contributed by atoms with E-state index in [2.05, 4.69) is 0 Å². The van der Waals surface area contributed by atoms with E-state index < -0.39 is 0 Å². The van der Waals surface area contributed by atoms with Crippen molar-refractivity contribution in [3.8, 4) is 0 Å². The molecule has 1 N–H and O–H groups in total. The van der Waals surface area contributed by atoms with Crippen LogP contribution in [0.25, 0.3) is 0 Å². The smallest absolute Gasteiger partial charge is 0.0371 e. The summed E-state index contributed by atoms with van der Waals surface area (Å²) in [6, 6.07) is 0. The maximum atomic E-state index is 8.44. The molecule has 0 bridgehead atoms. The molecule has 1 aliphatic heterocycles. The van der Waals surface area contributed by atoms with Gasteiger partial charge in [0.25, 0.3) is 0 Å². The zero-order valence-electron chi connectivity index (χ0n) is 3.16. The minimum Gasteiger partial charge on any atom is -0.278 e. The first-order chi connectivity index (χ1) is 2.89. The lowest BCUT2D eigenvalue weighted by atomic mass is 10.7. The highest BCUT2D eigenvalue weighted by molar-refractivity contribution is 7.97. The van der Waals surface area contributed by atoms with E-state index in [4.69, 9.17) is 5.21 Å². The van der Waals surface area contributed by atoms with Crippen LogP contribution in [0.2, 0.25) is 0 Å². The molecule has 0 saturated carbocycles. The Balaban J connectivity index is 2.38. The van der Waals surface area contributed by atoms with Gasteiger partial charge in [-0.15, -0.1) is 0 Å². The first kappa shape index (κ1) is 4.02. The Hall–Kier alpha value is -0.150. The molecule has 0 aromatic carbocycles. The van der Waals surface area contributed by atoms with E-state index in [0.717, 1.165) is 10.2 Å². The first-order valence-electron chi connectivity index (χ1n) is 1.67. The highest BCUT2D eigenvalue weighted by Crippen LogP contribution is 2.12. The van der Waals surface area contributed by atoms with Gasteiger partial charge in [0.15, 0.2) is 0 Å². The molecule has 1 rings (SSSR count). The maximum absolute atomic E-state index is 8.44. The van der Waals surface area contributed by atoms with Crippen molar-refractivity contribution in [3.63, 3.8) is 0 Å². The fraction of sp³-hybridized carbons (Fsp3) is 0.333. The van der Waals surface area contributed by atoms with Crippen LogP contribution in [0.1, 0.15) is 0 Å². The summed E-state index contributed by atoms with van der Waals surface area (Å²) < 4.78 is 1.10. The summed E-state index contributed by atoms with van der Waals surface area (Å²) in [5, 5.41) is 8.44. The van der Waals surface area contributed by atoms with Crippen molar-refractivity contribution in [2.75, 3.05) is 5.75 Å². The van der Waals surface area contributed by atoms with E-state index in [-0.39, 0.29) is 0 Å². The molecule has 0 aromatic heterocycles. The van der Waals surface area contributed by atoms with Gasteiger partial charge in [-0.2, -0.15) is 0 Å². The Bertz CT molecular complexity index is 73.2. The summed E-state index contributed by atoms with van der Waals surface area (Å²) in [5.41, 5.74) is 0. The standard InChI is InChI=1S/C3H5NOS/c5-4-2-1-3-6-4/h1-2,5H,3H2. The van der Waals surface area contributed by atoms with Gasteiger partial charge in [-0.3, -0.25) is 5.21 Å². The molecular formula is C3H5NOS. The van der Waals surface area contributed by atoms with Crippen molar-refractivity contribution in [1.82, 2.24) is 4.47 Å². The van der Waals surface area contributed by atoms with Crippen LogP contribution in [-0.4, -0.2) is 15.4 Å². The van der Waals surface area contributed by atoms with Crippen molar-refractivity contribution >= 4 is 11.9 Å². The monoisotopic (exact) mass is 103 g/mol. The van der Waals surface area contributed by atoms with Gasteiger partial charge in [0, 0.05) is 12.0 Å². The van der Waals surface area contributed by atoms with Crippen LogP contribution in [0.15, 0.2) is 12.3 Å². The van der Waals surface area contributed by atoms with E-state index in [1.807, 2.05) is 6.08 Å². The summed E-state index contributed by atoms with van der Waals surface area (Å²) in [5.74, 6) is 0.899. The van der Waals surface area contributed by atoms with Gasteiger partial charge in [-0.25, -0.2) is 4.47 Å². The van der Waals surface area contributed by atoms with Crippen molar-refractivity contribution < 1.29 is 5.21 Å². The fourth-order valence-corrected chi connectivity index (χ4v) is 0.793. The predicted molar refractivity (Wildman–Crippen MR) is 25.2 cm³/mol. The van der Waals surface area contributed by atoms with Crippen LogP contribution in [0.5, 0.6) is 0 Å². The van der Waals surface area contributed by atoms with Crippen molar-refractivity contribution in [1.29, 1.82) is 0 Å². The Morgan fingerprint density at radius 2 is 2.67 bits per heavy atom. The number of hydrogen-bond acceptors (Lipinski definition) is 3. The molecule has 6 heavy (non-hydrogen) atoms. The minimum absolute atomic E-state index is 0.899. The van der Waals surface area contributed by atoms with Crippen LogP contribution in [0.3, 0.4) is 0 Å². The summed E-state index contributed by atoms with van der Waals surface area (Å²) in [4.78, 5) is 0. The molecule has 0 unspecified atom stereocenters. The molecule has 2 nitrogen and oxygen atoms in total. The van der Waals surface area contributed by atoms with E-state index >= 15 is 0 Å². The van der Waals surface area contributed by atoms with Gasteiger partial charge in [-0.05, 0) is 11.9 Å². The zero-order valence-corrected chi connectivity index (χ0v) is 3.98. The molecule has 0 radical (unpaired) electrons. The summed E-state index contributed by atoms with van der Waals surface area (Å²) in [6.45, 7) is 0. The molecule has 0 fully saturated rings. The molecule has 1 heterocycles. The lowest BCUT2D eigenvalue weighted by Gasteiger charge is -1.97. The van der Waals surface area contributed by atoms with Gasteiger partial charge in [0.05, 0.1) is 0 Å². The largest absolute Gasteiger partial charge is 0.278 e. The molecule has 34 valence electrons. The van der Waals surface area contributed by atoms with Crippen LogP contribution in [-0.2, 0) is 0 Å². The topological polar surface area (TPSA) is 23.5 Å². The fourth-order valence-electron chi connectivity index (χ4n) is 0.296. The Kier molecular flexibility index (Phi) is 1.03. The van der Waals surface area contributed by atoms with Gasteiger partial charge >= 0.3 is 0 Å². The normalized spacial score (nSPS) is 19.8. The number of hydroxylamine groups is 1. The zero-order chi connectivity index (χ0) is 4.41. The third-order valence-corrected chi connectivity index (χ3v) is 1.26. The molecule has 1 aliphatic rings. The molecular weight excluding hydrogens is 98.1 g/mol. The Morgan fingerprint density at radius 1 is 1.83 bits per heavy atom. The molecule has 0 atom stereocenters. The number of hydrogen-bond donors (Lipinski definition) is 1. The van der Waals surface area contributed by atoms with Crippen molar-refractivity contribution in [3.05, 3.63) is 12.3 Å². The third kappa shape index (κ3) is 0.666. The van der Waals surface area contributed by atoms with Crippen LogP contribution < -0.4 is 0 Å². The second-order valence-corrected chi connectivity index (χ2v) is 1.95. The Labute approximate surface area is 40.5 Å². The van der Waals surface area contributed by atoms with E-state index in [1.54, 1.807) is 6.20 Å². The molecule has 0 amide bonds. The third-order valence-electron chi connectivity index (χ3n) is 0.536. The van der Waals surface area contributed by atoms with E-state index in [9.17, 15) is 0 Å². The van der Waals surface area contributed by atoms with Gasteiger partial charge in [-0.1, -0.05) is 6.08 Å². The lowest BCUT2D eigenvalue weighted by molar-refractivity contribution is 0.0718. The predicted octanol–water partition coefficient (Wildman–Crippen LogP) is 0.853. The van der Waals surface area contributed by atoms with Crippen molar-refractivity contribution in [2.24, 2.45) is 0 Å². The molecule has 0 spiro atoms. The summed E-state index contributed by atoms with van der Waals surface area (Å²) in [7, 11) is 0. The van der Waals surface area contributed by atoms with Gasteiger partial charge in [0.1, 0.15) is 0 Å². The molecule has 3 heteroatoms. The highest BCUT2D eigenvalue weighted by atomic mass is 32.2. The average molecular weight is 103 g/mol. The molecule has 0 aromatic rings. The average Bonchev–Trinajstić information content (AvgIpc) is 1.86. The highest BCUT2D eigenvalue weighted by Gasteiger charge is 1.96. The minimum atomic E-state index is 0.899. The van der Waals surface area contributed by atoms with Crippen LogP contribution in [0.4, 0.5) is 0 Å². The van der Waals surface area contributed by atoms with Crippen LogP contribution in [0, 0.1) is 0 Å². The maximum Gasteiger partial charge on any atom is 0.0371 e. The molecule has 0 aliphatic carbocycles. The second kappa shape index (κ2) is 1.53. The second-order valence-electron chi connectivity index (χ2n) is 0.983. The lowest BCUT2D eigenvalue weighted by Crippen LogP contribution is -1.92. The number of rotatable bonds is 0. The Morgan fingerprint density at radius 3 is 2.83 bits per heavy atom. The van der Waals surface area contributed by atoms with E-state index in [0.29, 0.717) is 0 Å². The van der Waals surface area contributed by atoms with Gasteiger partial charge < -0.3 is 0 Å². The summed E-state index contributed by atoms with van der Waals surface area (Å²) in [6.07, 6.45) is 3.52. The first-order valence-corrected chi connectivity index (χ1v) is 2.61. The van der Waals surface area contributed by atoms with E-state index in [1.165, 1.54) is 11.9 Å². The molecule has 0 saturated heterocycles. The van der Waals surface area contributed by atoms with Gasteiger partial charge in [0.2, 0.25) is 0 Å². The summed E-state index contributed by atoms with van der Waals surface area (Å²) >= 11 is 1.37.